The van der Waals surface area contributed by atoms with E-state index in [0.29, 0.717) is 24.5 Å². The van der Waals surface area contributed by atoms with E-state index in [0.717, 1.165) is 50.1 Å². The molecule has 0 spiro atoms. The molecular weight excluding hydrogens is 336 g/mol. The molecule has 0 aliphatic carbocycles. The van der Waals surface area contributed by atoms with E-state index in [1.54, 1.807) is 0 Å². The third-order valence-corrected chi connectivity index (χ3v) is 6.26. The number of likely N-dealkylation sites (N-methyl/N-ethyl adjacent to an activating group) is 1. The van der Waals surface area contributed by atoms with Crippen molar-refractivity contribution in [3.8, 4) is 0 Å². The van der Waals surface area contributed by atoms with Gasteiger partial charge in [-0.15, -0.1) is 0 Å². The number of aromatic nitrogens is 1. The van der Waals surface area contributed by atoms with Crippen LogP contribution in [0.4, 0.5) is 5.69 Å². The Bertz CT molecular complexity index is 836. The van der Waals surface area contributed by atoms with E-state index in [2.05, 4.69) is 64.8 Å². The number of aryl methyl sites for hydroxylation is 1. The first-order valence-corrected chi connectivity index (χ1v) is 10.1. The van der Waals surface area contributed by atoms with Crippen LogP contribution in [0.1, 0.15) is 31.7 Å². The molecule has 27 heavy (non-hydrogen) atoms. The van der Waals surface area contributed by atoms with Gasteiger partial charge in [0, 0.05) is 44.2 Å². The Hall–Kier alpha value is -2.14. The predicted molar refractivity (Wildman–Crippen MR) is 110 cm³/mol. The van der Waals surface area contributed by atoms with E-state index in [1.165, 1.54) is 10.9 Å². The van der Waals surface area contributed by atoms with Crippen LogP contribution < -0.4 is 4.90 Å². The minimum atomic E-state index is 0.297. The van der Waals surface area contributed by atoms with Crippen molar-refractivity contribution in [2.75, 3.05) is 38.1 Å². The molecule has 0 unspecified atom stereocenters. The summed E-state index contributed by atoms with van der Waals surface area (Å²) in [6.45, 7) is 7.70. The van der Waals surface area contributed by atoms with Crippen molar-refractivity contribution < 1.29 is 4.79 Å². The van der Waals surface area contributed by atoms with Gasteiger partial charge < -0.3 is 9.80 Å². The molecule has 0 saturated carbocycles. The van der Waals surface area contributed by atoms with Crippen molar-refractivity contribution in [3.63, 3.8) is 0 Å². The summed E-state index contributed by atoms with van der Waals surface area (Å²) in [7, 11) is 2.15. The fraction of sp³-hybridized carbons (Fsp3) is 0.545. The number of pyridine rings is 1. The van der Waals surface area contributed by atoms with Crippen LogP contribution >= 0.6 is 0 Å². The Kier molecular flexibility index (Phi) is 5.04. The van der Waals surface area contributed by atoms with Gasteiger partial charge in [-0.1, -0.05) is 11.6 Å². The van der Waals surface area contributed by atoms with Crippen molar-refractivity contribution in [3.05, 3.63) is 36.0 Å². The van der Waals surface area contributed by atoms with Gasteiger partial charge in [-0.25, -0.2) is 0 Å². The zero-order valence-electron chi connectivity index (χ0n) is 16.7. The number of amides is 1. The Labute approximate surface area is 162 Å². The molecule has 0 N–H and O–H groups in total. The van der Waals surface area contributed by atoms with Crippen LogP contribution in [0.2, 0.25) is 0 Å². The van der Waals surface area contributed by atoms with Gasteiger partial charge in [0.15, 0.2) is 0 Å². The largest absolute Gasteiger partial charge is 0.369 e. The highest BCUT2D eigenvalue weighted by Gasteiger charge is 2.31. The zero-order valence-corrected chi connectivity index (χ0v) is 16.7. The van der Waals surface area contributed by atoms with Gasteiger partial charge in [-0.05, 0) is 51.3 Å². The molecule has 1 aromatic heterocycles. The average molecular weight is 367 g/mol. The quantitative estimate of drug-likeness (QED) is 0.834. The maximum absolute atomic E-state index is 12.6. The molecule has 4 rings (SSSR count). The molecule has 1 aromatic carbocycles. The first kappa shape index (κ1) is 18.2. The highest BCUT2D eigenvalue weighted by atomic mass is 16.2. The second-order valence-electron chi connectivity index (χ2n) is 8.26. The van der Waals surface area contributed by atoms with Gasteiger partial charge >= 0.3 is 0 Å². The molecule has 2 aromatic rings. The van der Waals surface area contributed by atoms with E-state index < -0.39 is 0 Å². The van der Waals surface area contributed by atoms with E-state index in [9.17, 15) is 4.79 Å². The van der Waals surface area contributed by atoms with Crippen molar-refractivity contribution in [1.29, 1.82) is 0 Å². The lowest BCUT2D eigenvalue weighted by Crippen LogP contribution is -2.42. The second kappa shape index (κ2) is 7.47. The summed E-state index contributed by atoms with van der Waals surface area (Å²) < 4.78 is 0. The van der Waals surface area contributed by atoms with Crippen LogP contribution in [0.3, 0.4) is 0 Å². The molecule has 2 aliphatic rings. The highest BCUT2D eigenvalue weighted by molar-refractivity contribution is 5.82. The molecule has 1 amide bonds. The van der Waals surface area contributed by atoms with E-state index >= 15 is 0 Å². The Balaban J connectivity index is 1.40. The maximum atomic E-state index is 12.6. The summed E-state index contributed by atoms with van der Waals surface area (Å²) >= 11 is 0. The summed E-state index contributed by atoms with van der Waals surface area (Å²) in [5.74, 6) is 0.297. The lowest BCUT2D eigenvalue weighted by atomic mass is 10.1. The smallest absolute Gasteiger partial charge is 0.236 e. The van der Waals surface area contributed by atoms with Crippen molar-refractivity contribution in [2.45, 2.75) is 45.2 Å². The van der Waals surface area contributed by atoms with E-state index in [1.807, 2.05) is 6.20 Å². The van der Waals surface area contributed by atoms with Crippen LogP contribution in [0.25, 0.3) is 10.9 Å². The van der Waals surface area contributed by atoms with Crippen LogP contribution in [-0.2, 0) is 4.79 Å². The van der Waals surface area contributed by atoms with E-state index in [4.69, 9.17) is 0 Å². The minimum Gasteiger partial charge on any atom is -0.369 e. The molecule has 0 bridgehead atoms. The molecule has 0 radical (unpaired) electrons. The fourth-order valence-corrected chi connectivity index (χ4v) is 4.50. The summed E-state index contributed by atoms with van der Waals surface area (Å²) in [4.78, 5) is 23.9. The first-order chi connectivity index (χ1) is 13.0. The number of fused-ring (bicyclic) bond motifs is 1. The van der Waals surface area contributed by atoms with Crippen molar-refractivity contribution >= 4 is 22.5 Å². The molecule has 2 aliphatic heterocycles. The molecule has 2 fully saturated rings. The molecule has 144 valence electrons. The number of hydrogen-bond acceptors (Lipinski definition) is 4. The zero-order chi connectivity index (χ0) is 19.0. The van der Waals surface area contributed by atoms with Gasteiger partial charge in [-0.2, -0.15) is 0 Å². The van der Waals surface area contributed by atoms with Gasteiger partial charge in [0.1, 0.15) is 0 Å². The van der Waals surface area contributed by atoms with Crippen LogP contribution in [0, 0.1) is 6.92 Å². The molecule has 5 heteroatoms. The van der Waals surface area contributed by atoms with Gasteiger partial charge in [-0.3, -0.25) is 14.7 Å². The summed E-state index contributed by atoms with van der Waals surface area (Å²) in [6, 6.07) is 9.44. The van der Waals surface area contributed by atoms with Gasteiger partial charge in [0.05, 0.1) is 23.9 Å². The number of hydrogen-bond donors (Lipinski definition) is 0. The monoisotopic (exact) mass is 366 g/mol. The molecular formula is C22H30N4O. The van der Waals surface area contributed by atoms with Gasteiger partial charge in [0.2, 0.25) is 5.91 Å². The molecule has 5 nitrogen and oxygen atoms in total. The van der Waals surface area contributed by atoms with Crippen molar-refractivity contribution in [1.82, 2.24) is 14.8 Å². The predicted octanol–water partition coefficient (Wildman–Crippen LogP) is 3.06. The summed E-state index contributed by atoms with van der Waals surface area (Å²) in [6.07, 6.45) is 5.35. The summed E-state index contributed by atoms with van der Waals surface area (Å²) in [5.41, 5.74) is 3.45. The van der Waals surface area contributed by atoms with Gasteiger partial charge in [0.25, 0.3) is 0 Å². The topological polar surface area (TPSA) is 39.7 Å². The standard InChI is InChI=1S/C22H30N4O/c1-16-6-7-21-18(11-16)12-20(13-23-21)24(3)19-8-10-25(14-19)15-22(27)26-9-4-5-17(26)2/h6-7,11-13,17,19H,4-5,8-10,14-15H2,1-3H3/t17-,19+/m1/s1. The lowest BCUT2D eigenvalue weighted by molar-refractivity contribution is -0.132. The number of nitrogens with zero attached hydrogens (tertiary/aromatic N) is 4. The highest BCUT2D eigenvalue weighted by Crippen LogP contribution is 2.25. The number of rotatable bonds is 4. The lowest BCUT2D eigenvalue weighted by Gasteiger charge is -2.28. The molecule has 2 atom stereocenters. The Morgan fingerprint density at radius 2 is 2.11 bits per heavy atom. The normalized spacial score (nSPS) is 23.3. The number of benzene rings is 1. The Morgan fingerprint density at radius 1 is 1.26 bits per heavy atom. The Morgan fingerprint density at radius 3 is 2.89 bits per heavy atom. The number of anilines is 1. The number of carbonyl (C=O) groups is 1. The minimum absolute atomic E-state index is 0.297. The summed E-state index contributed by atoms with van der Waals surface area (Å²) in [5, 5.41) is 1.19. The SMILES string of the molecule is Cc1ccc2ncc(N(C)[C@H]3CCN(CC(=O)N4CCC[C@H]4C)C3)cc2c1. The van der Waals surface area contributed by atoms with Crippen LogP contribution in [-0.4, -0.2) is 66.0 Å². The first-order valence-electron chi connectivity index (χ1n) is 10.1. The third-order valence-electron chi connectivity index (χ3n) is 6.26. The van der Waals surface area contributed by atoms with Crippen LogP contribution in [0.15, 0.2) is 30.5 Å². The maximum Gasteiger partial charge on any atom is 0.236 e. The van der Waals surface area contributed by atoms with Crippen LogP contribution in [0.5, 0.6) is 0 Å². The number of likely N-dealkylation sites (tertiary alicyclic amines) is 2. The van der Waals surface area contributed by atoms with E-state index in [-0.39, 0.29) is 0 Å². The fourth-order valence-electron chi connectivity index (χ4n) is 4.50. The number of carbonyl (C=O) groups excluding carboxylic acids is 1. The third kappa shape index (κ3) is 3.79. The average Bonchev–Trinajstić information content (AvgIpc) is 3.29. The van der Waals surface area contributed by atoms with Crippen molar-refractivity contribution in [2.24, 2.45) is 0 Å². The molecule has 3 heterocycles. The molecule has 2 saturated heterocycles. The second-order valence-corrected chi connectivity index (χ2v) is 8.26.